The van der Waals surface area contributed by atoms with Gasteiger partial charge in [0.05, 0.1) is 17.4 Å². The van der Waals surface area contributed by atoms with Gasteiger partial charge in [-0.1, -0.05) is 13.3 Å². The number of fused-ring (bicyclic) bond motifs is 3. The molecule has 26 heavy (non-hydrogen) atoms. The Bertz CT molecular complexity index is 611. The number of carboxylic acids is 2. The predicted octanol–water partition coefficient (Wildman–Crippen LogP) is 2.95. The van der Waals surface area contributed by atoms with Crippen LogP contribution >= 0.6 is 23.5 Å². The summed E-state index contributed by atoms with van der Waals surface area (Å²) in [4.78, 5) is 21.7. The third-order valence-electron chi connectivity index (χ3n) is 4.59. The minimum atomic E-state index is -1.26. The van der Waals surface area contributed by atoms with E-state index in [9.17, 15) is 9.59 Å². The van der Waals surface area contributed by atoms with Gasteiger partial charge in [-0.05, 0) is 44.0 Å². The summed E-state index contributed by atoms with van der Waals surface area (Å²) < 4.78 is 9.14. The fraction of sp³-hybridized carbons (Fsp3) is 0.647. The van der Waals surface area contributed by atoms with Crippen LogP contribution in [0.3, 0.4) is 0 Å². The molecule has 7 nitrogen and oxygen atoms in total. The van der Waals surface area contributed by atoms with Crippen LogP contribution in [0.4, 0.5) is 0 Å². The van der Waals surface area contributed by atoms with Crippen LogP contribution in [0.15, 0.2) is 17.2 Å². The summed E-state index contributed by atoms with van der Waals surface area (Å²) in [7, 11) is 0. The molecule has 0 saturated carbocycles. The van der Waals surface area contributed by atoms with Gasteiger partial charge in [-0.2, -0.15) is 8.75 Å². The molecule has 1 aromatic heterocycles. The summed E-state index contributed by atoms with van der Waals surface area (Å²) in [5, 5.41) is 16.9. The number of carboxylic acid groups (broad SMARTS) is 2. The summed E-state index contributed by atoms with van der Waals surface area (Å²) >= 11 is 3.32. The molecule has 3 fully saturated rings. The van der Waals surface area contributed by atoms with Crippen molar-refractivity contribution in [2.45, 2.75) is 43.6 Å². The number of hydrogen-bond acceptors (Lipinski definition) is 7. The molecule has 4 rings (SSSR count). The zero-order valence-electron chi connectivity index (χ0n) is 14.8. The van der Waals surface area contributed by atoms with Gasteiger partial charge in [0, 0.05) is 24.6 Å². The normalized spacial score (nSPS) is 24.3. The zero-order chi connectivity index (χ0) is 18.9. The van der Waals surface area contributed by atoms with Crippen molar-refractivity contribution in [1.29, 1.82) is 0 Å². The Morgan fingerprint density at radius 2 is 1.88 bits per heavy atom. The van der Waals surface area contributed by atoms with Crippen LogP contribution in [0, 0.1) is 5.92 Å². The first-order valence-corrected chi connectivity index (χ1v) is 10.5. The van der Waals surface area contributed by atoms with Gasteiger partial charge in [0.15, 0.2) is 0 Å². The van der Waals surface area contributed by atoms with Gasteiger partial charge in [0.2, 0.25) is 0 Å². The second kappa shape index (κ2) is 10.6. The molecule has 1 atom stereocenters. The zero-order valence-corrected chi connectivity index (χ0v) is 16.5. The molecule has 0 spiro atoms. The molecule has 2 bridgehead atoms. The Balaban J connectivity index is 0.000000260. The average molecular weight is 400 g/mol. The van der Waals surface area contributed by atoms with Gasteiger partial charge in [0.1, 0.15) is 5.03 Å². The number of unbranched alkanes of at least 4 members (excludes halogenated alkanes) is 1. The maximum Gasteiger partial charge on any atom is 0.328 e. The number of rotatable bonds is 7. The van der Waals surface area contributed by atoms with Gasteiger partial charge in [-0.15, -0.1) is 11.8 Å². The standard InChI is InChI=1S/C13H21N3S2.C4H4O4/c1-2-3-8-17-13-12(14-18-15-13)11-9-16-6-4-10(11)5-7-16;5-3(6)1-2-4(7)8/h10-11H,2-9H2,1H3;1-2H,(H,5,6)(H,7,8)/b;2-1+. The molecule has 1 aromatic rings. The van der Waals surface area contributed by atoms with Crippen molar-refractivity contribution in [3.05, 3.63) is 17.8 Å². The van der Waals surface area contributed by atoms with Crippen LogP contribution in [-0.2, 0) is 9.59 Å². The van der Waals surface area contributed by atoms with Crippen LogP contribution in [0.5, 0.6) is 0 Å². The van der Waals surface area contributed by atoms with E-state index in [1.165, 1.54) is 73.5 Å². The SMILES string of the molecule is CCCCSc1nsnc1C1CN2CCC1CC2.O=C(O)/C=C/C(=O)O. The van der Waals surface area contributed by atoms with E-state index in [0.29, 0.717) is 18.1 Å². The third-order valence-corrected chi connectivity index (χ3v) is 6.32. The van der Waals surface area contributed by atoms with E-state index in [1.54, 1.807) is 0 Å². The number of aliphatic carboxylic acids is 2. The monoisotopic (exact) mass is 399 g/mol. The van der Waals surface area contributed by atoms with Crippen LogP contribution < -0.4 is 0 Å². The molecule has 9 heteroatoms. The fourth-order valence-corrected chi connectivity index (χ4v) is 5.10. The van der Waals surface area contributed by atoms with Gasteiger partial charge < -0.3 is 15.1 Å². The third kappa shape index (κ3) is 6.37. The van der Waals surface area contributed by atoms with E-state index in [2.05, 4.69) is 20.6 Å². The molecule has 0 amide bonds. The van der Waals surface area contributed by atoms with E-state index < -0.39 is 11.9 Å². The van der Waals surface area contributed by atoms with Crippen LogP contribution in [-0.4, -0.2) is 61.2 Å². The minimum absolute atomic E-state index is 0.558. The van der Waals surface area contributed by atoms with Crippen molar-refractivity contribution in [3.63, 3.8) is 0 Å². The summed E-state index contributed by atoms with van der Waals surface area (Å²) in [5.74, 6) is 0.204. The second-order valence-corrected chi connectivity index (χ2v) is 8.02. The quantitative estimate of drug-likeness (QED) is 0.410. The maximum atomic E-state index is 9.55. The Kier molecular flexibility index (Phi) is 8.53. The number of nitrogens with zero attached hydrogens (tertiary/aromatic N) is 3. The smallest absolute Gasteiger partial charge is 0.328 e. The molecule has 3 aliphatic heterocycles. The number of hydrogen-bond donors (Lipinski definition) is 2. The number of carbonyl (C=O) groups is 2. The highest BCUT2D eigenvalue weighted by molar-refractivity contribution is 7.99. The van der Waals surface area contributed by atoms with Gasteiger partial charge in [-0.25, -0.2) is 9.59 Å². The van der Waals surface area contributed by atoms with Gasteiger partial charge in [-0.3, -0.25) is 0 Å². The molecule has 0 aromatic carbocycles. The van der Waals surface area contributed by atoms with Crippen molar-refractivity contribution in [2.75, 3.05) is 25.4 Å². The van der Waals surface area contributed by atoms with Crippen molar-refractivity contribution in [1.82, 2.24) is 13.6 Å². The van der Waals surface area contributed by atoms with Crippen molar-refractivity contribution >= 4 is 35.4 Å². The molecule has 4 heterocycles. The highest BCUT2D eigenvalue weighted by Gasteiger charge is 2.37. The molecule has 2 N–H and O–H groups in total. The highest BCUT2D eigenvalue weighted by Crippen LogP contribution is 2.41. The van der Waals surface area contributed by atoms with Crippen molar-refractivity contribution in [3.8, 4) is 0 Å². The molecule has 3 aliphatic rings. The van der Waals surface area contributed by atoms with Crippen LogP contribution in [0.2, 0.25) is 0 Å². The lowest BCUT2D eigenvalue weighted by Gasteiger charge is -2.44. The number of thioether (sulfide) groups is 1. The summed E-state index contributed by atoms with van der Waals surface area (Å²) in [6.07, 6.45) is 6.38. The Labute approximate surface area is 161 Å². The van der Waals surface area contributed by atoms with E-state index in [4.69, 9.17) is 10.2 Å². The Morgan fingerprint density at radius 1 is 1.23 bits per heavy atom. The van der Waals surface area contributed by atoms with Crippen LogP contribution in [0.1, 0.15) is 44.2 Å². The van der Waals surface area contributed by atoms with Crippen molar-refractivity contribution in [2.24, 2.45) is 5.92 Å². The van der Waals surface area contributed by atoms with Crippen LogP contribution in [0.25, 0.3) is 0 Å². The minimum Gasteiger partial charge on any atom is -0.478 e. The summed E-state index contributed by atoms with van der Waals surface area (Å²) in [6, 6.07) is 0. The molecular formula is C17H25N3O4S2. The number of aromatic nitrogens is 2. The van der Waals surface area contributed by atoms with E-state index in [1.807, 2.05) is 11.8 Å². The van der Waals surface area contributed by atoms with E-state index >= 15 is 0 Å². The molecule has 3 saturated heterocycles. The predicted molar refractivity (Wildman–Crippen MR) is 102 cm³/mol. The number of piperidine rings is 3. The van der Waals surface area contributed by atoms with Crippen molar-refractivity contribution < 1.29 is 19.8 Å². The summed E-state index contributed by atoms with van der Waals surface area (Å²) in [6.45, 7) is 6.07. The van der Waals surface area contributed by atoms with Gasteiger partial charge in [0.25, 0.3) is 0 Å². The largest absolute Gasteiger partial charge is 0.478 e. The lowest BCUT2D eigenvalue weighted by Crippen LogP contribution is -2.46. The topological polar surface area (TPSA) is 104 Å². The fourth-order valence-electron chi connectivity index (χ4n) is 3.24. The Hall–Kier alpha value is -1.45. The highest BCUT2D eigenvalue weighted by atomic mass is 32.2. The lowest BCUT2D eigenvalue weighted by atomic mass is 9.78. The molecule has 0 aliphatic carbocycles. The molecular weight excluding hydrogens is 374 g/mol. The molecule has 1 unspecified atom stereocenters. The lowest BCUT2D eigenvalue weighted by molar-refractivity contribution is -0.134. The molecule has 144 valence electrons. The van der Waals surface area contributed by atoms with E-state index in [-0.39, 0.29) is 0 Å². The Morgan fingerprint density at radius 3 is 2.38 bits per heavy atom. The first-order chi connectivity index (χ1) is 12.5. The van der Waals surface area contributed by atoms with Gasteiger partial charge >= 0.3 is 11.9 Å². The molecule has 0 radical (unpaired) electrons. The first kappa shape index (κ1) is 20.9. The average Bonchev–Trinajstić information content (AvgIpc) is 3.10. The van der Waals surface area contributed by atoms with E-state index in [0.717, 1.165) is 5.92 Å². The summed E-state index contributed by atoms with van der Waals surface area (Å²) in [5.41, 5.74) is 1.32. The maximum absolute atomic E-state index is 9.55. The second-order valence-electron chi connectivity index (χ2n) is 6.41. The first-order valence-electron chi connectivity index (χ1n) is 8.82.